The van der Waals surface area contributed by atoms with Crippen molar-refractivity contribution in [3.05, 3.63) is 59.7 Å². The van der Waals surface area contributed by atoms with Crippen LogP contribution < -0.4 is 10.6 Å². The summed E-state index contributed by atoms with van der Waals surface area (Å²) in [4.78, 5) is 48.9. The summed E-state index contributed by atoms with van der Waals surface area (Å²) in [6.45, 7) is 5.29. The first-order chi connectivity index (χ1) is 23.0. The molecule has 1 aromatic heterocycles. The number of hydrogen-bond acceptors (Lipinski definition) is 7. The van der Waals surface area contributed by atoms with Crippen LogP contribution in [-0.4, -0.2) is 116 Å². The van der Waals surface area contributed by atoms with Gasteiger partial charge in [-0.25, -0.2) is 14.7 Å². The third-order valence-corrected chi connectivity index (χ3v) is 10.3. The zero-order valence-corrected chi connectivity index (χ0v) is 26.8. The number of anilines is 1. The molecule has 0 bridgehead atoms. The second kappa shape index (κ2) is 14.1. The monoisotopic (exact) mass is 640 g/mol. The molecule has 0 saturated carbocycles. The Hall–Kier alpha value is -4.52. The van der Waals surface area contributed by atoms with E-state index < -0.39 is 6.04 Å². The number of carbonyl (C=O) groups is 3. The first-order valence-corrected chi connectivity index (χ1v) is 17.1. The molecule has 1 atom stereocenters. The summed E-state index contributed by atoms with van der Waals surface area (Å²) in [6, 6.07) is 15.2. The average molecular weight is 641 g/mol. The van der Waals surface area contributed by atoms with Crippen LogP contribution in [0, 0.1) is 0 Å². The first kappa shape index (κ1) is 31.1. The summed E-state index contributed by atoms with van der Waals surface area (Å²) < 4.78 is 0. The second-order valence-electron chi connectivity index (χ2n) is 13.2. The number of H-pyrrole nitrogens is 1. The molecule has 1 unspecified atom stereocenters. The molecule has 7 rings (SSSR count). The smallest absolute Gasteiger partial charge is 0.322 e. The van der Waals surface area contributed by atoms with Gasteiger partial charge in [-0.2, -0.15) is 0 Å². The maximum absolute atomic E-state index is 14.1. The number of carbonyl (C=O) groups excluding carboxylic acids is 3. The largest absolute Gasteiger partial charge is 0.341 e. The van der Waals surface area contributed by atoms with E-state index in [1.54, 1.807) is 4.90 Å². The van der Waals surface area contributed by atoms with E-state index in [0.29, 0.717) is 63.9 Å². The van der Waals surface area contributed by atoms with Crippen molar-refractivity contribution in [1.29, 1.82) is 0 Å². The minimum atomic E-state index is -0.709. The number of amides is 5. The highest BCUT2D eigenvalue weighted by Crippen LogP contribution is 2.28. The number of urea groups is 2. The number of rotatable bonds is 7. The normalized spacial score (nSPS) is 20.4. The van der Waals surface area contributed by atoms with Crippen molar-refractivity contribution in [3.8, 4) is 11.4 Å². The number of likely N-dealkylation sites (tertiary alicyclic amines) is 3. The van der Waals surface area contributed by atoms with Crippen LogP contribution in [0.4, 0.5) is 15.3 Å². The van der Waals surface area contributed by atoms with E-state index in [9.17, 15) is 14.4 Å². The lowest BCUT2D eigenvalue weighted by Gasteiger charge is -2.42. The number of nitrogens with zero attached hydrogens (tertiary/aromatic N) is 7. The molecule has 5 amide bonds. The predicted molar refractivity (Wildman–Crippen MR) is 176 cm³/mol. The highest BCUT2D eigenvalue weighted by molar-refractivity contribution is 5.92. The van der Waals surface area contributed by atoms with E-state index in [0.717, 1.165) is 48.3 Å². The quantitative estimate of drug-likeness (QED) is 0.359. The number of nitrogens with one attached hydrogen (secondary N) is 3. The van der Waals surface area contributed by atoms with Gasteiger partial charge in [-0.05, 0) is 85.3 Å². The summed E-state index contributed by atoms with van der Waals surface area (Å²) in [5.74, 6) is 0.507. The standard InChI is InChI=1S/C34H44N10O3/c45-32(42-17-11-27(12-18-42)41-15-4-1-5-16-41)30(22-24-7-6-9-25(21-24)31-37-39-40-38-31)36-33(46)43-19-13-28(14-20-43)44-23-26-8-2-3-10-29(26)35-34(44)47/h2-3,6-10,21,27-28,30H,1,4-5,11-20,22-23H2,(H,35,47)(H,36,46)(H,37,38,39,40). The van der Waals surface area contributed by atoms with Crippen molar-refractivity contribution in [2.45, 2.75) is 76.0 Å². The summed E-state index contributed by atoms with van der Waals surface area (Å²) in [5, 5.41) is 20.3. The van der Waals surface area contributed by atoms with Gasteiger partial charge in [0, 0.05) is 62.5 Å². The van der Waals surface area contributed by atoms with Gasteiger partial charge in [0.05, 0.1) is 0 Å². The number of fused-ring (bicyclic) bond motifs is 1. The van der Waals surface area contributed by atoms with Crippen molar-refractivity contribution in [2.24, 2.45) is 0 Å². The molecule has 0 radical (unpaired) electrons. The number of aromatic amines is 1. The van der Waals surface area contributed by atoms with Gasteiger partial charge < -0.3 is 30.2 Å². The predicted octanol–water partition coefficient (Wildman–Crippen LogP) is 3.48. The molecule has 3 fully saturated rings. The molecule has 248 valence electrons. The fourth-order valence-corrected chi connectivity index (χ4v) is 7.66. The summed E-state index contributed by atoms with van der Waals surface area (Å²) in [7, 11) is 0. The minimum Gasteiger partial charge on any atom is -0.341 e. The zero-order chi connectivity index (χ0) is 32.2. The van der Waals surface area contributed by atoms with E-state index >= 15 is 0 Å². The third kappa shape index (κ3) is 7.09. The van der Waals surface area contributed by atoms with Crippen LogP contribution >= 0.6 is 0 Å². The second-order valence-corrected chi connectivity index (χ2v) is 13.2. The van der Waals surface area contributed by atoms with Gasteiger partial charge in [-0.3, -0.25) is 4.79 Å². The maximum Gasteiger partial charge on any atom is 0.322 e. The van der Waals surface area contributed by atoms with Gasteiger partial charge in [0.25, 0.3) is 0 Å². The Balaban J connectivity index is 1.01. The van der Waals surface area contributed by atoms with Crippen molar-refractivity contribution in [3.63, 3.8) is 0 Å². The number of piperidine rings is 3. The molecule has 4 aliphatic rings. The molecule has 5 heterocycles. The first-order valence-electron chi connectivity index (χ1n) is 17.1. The van der Waals surface area contributed by atoms with Gasteiger partial charge in [-0.1, -0.05) is 42.8 Å². The van der Waals surface area contributed by atoms with Crippen LogP contribution in [-0.2, 0) is 17.8 Å². The number of hydrogen-bond donors (Lipinski definition) is 3. The van der Waals surface area contributed by atoms with Crippen molar-refractivity contribution in [2.75, 3.05) is 44.6 Å². The number of tetrazole rings is 1. The number of aromatic nitrogens is 4. The Labute approximate surface area is 275 Å². The van der Waals surface area contributed by atoms with Gasteiger partial charge in [0.1, 0.15) is 6.04 Å². The molecule has 2 aromatic carbocycles. The Morgan fingerprint density at radius 1 is 0.872 bits per heavy atom. The molecular weight excluding hydrogens is 596 g/mol. The van der Waals surface area contributed by atoms with E-state index in [-0.39, 0.29) is 24.0 Å². The van der Waals surface area contributed by atoms with Crippen LogP contribution in [0.5, 0.6) is 0 Å². The fraction of sp³-hybridized carbons (Fsp3) is 0.529. The Bertz CT molecular complexity index is 1540. The van der Waals surface area contributed by atoms with E-state index in [1.807, 2.05) is 58.3 Å². The van der Waals surface area contributed by atoms with Crippen LogP contribution in [0.3, 0.4) is 0 Å². The van der Waals surface area contributed by atoms with Crippen LogP contribution in [0.25, 0.3) is 11.4 Å². The van der Waals surface area contributed by atoms with Gasteiger partial charge in [0.2, 0.25) is 5.91 Å². The lowest BCUT2D eigenvalue weighted by molar-refractivity contribution is -0.134. The molecule has 47 heavy (non-hydrogen) atoms. The summed E-state index contributed by atoms with van der Waals surface area (Å²) >= 11 is 0. The average Bonchev–Trinajstić information content (AvgIpc) is 3.67. The molecular formula is C34H44N10O3. The van der Waals surface area contributed by atoms with Crippen molar-refractivity contribution < 1.29 is 14.4 Å². The topological polar surface area (TPSA) is 143 Å². The maximum atomic E-state index is 14.1. The third-order valence-electron chi connectivity index (χ3n) is 10.3. The molecule has 3 saturated heterocycles. The highest BCUT2D eigenvalue weighted by Gasteiger charge is 2.35. The Morgan fingerprint density at radius 2 is 1.62 bits per heavy atom. The van der Waals surface area contributed by atoms with Crippen LogP contribution in [0.15, 0.2) is 48.5 Å². The molecule has 4 aliphatic heterocycles. The minimum absolute atomic E-state index is 0.0410. The van der Waals surface area contributed by atoms with Gasteiger partial charge >= 0.3 is 12.1 Å². The zero-order valence-electron chi connectivity index (χ0n) is 26.8. The lowest BCUT2D eigenvalue weighted by Crippen LogP contribution is -2.57. The van der Waals surface area contributed by atoms with E-state index in [1.165, 1.54) is 19.3 Å². The highest BCUT2D eigenvalue weighted by atomic mass is 16.2. The van der Waals surface area contributed by atoms with Crippen molar-refractivity contribution >= 4 is 23.7 Å². The van der Waals surface area contributed by atoms with Gasteiger partial charge in [0.15, 0.2) is 5.82 Å². The Kier molecular flexibility index (Phi) is 9.32. The Morgan fingerprint density at radius 3 is 2.38 bits per heavy atom. The molecule has 0 spiro atoms. The SMILES string of the molecule is O=C(NC(Cc1cccc(-c2nnn[nH]2)c1)C(=O)N1CCC(N2CCCCC2)CC1)N1CCC(N2Cc3ccccc3NC2=O)CC1. The molecule has 3 N–H and O–H groups in total. The van der Waals surface area contributed by atoms with Crippen molar-refractivity contribution in [1.82, 2.24) is 45.5 Å². The van der Waals surface area contributed by atoms with Gasteiger partial charge in [-0.15, -0.1) is 5.10 Å². The van der Waals surface area contributed by atoms with Crippen LogP contribution in [0.2, 0.25) is 0 Å². The summed E-state index contributed by atoms with van der Waals surface area (Å²) in [6.07, 6.45) is 7.46. The molecule has 13 nitrogen and oxygen atoms in total. The molecule has 13 heteroatoms. The van der Waals surface area contributed by atoms with E-state index in [2.05, 4.69) is 36.2 Å². The van der Waals surface area contributed by atoms with Crippen LogP contribution in [0.1, 0.15) is 56.1 Å². The molecule has 3 aromatic rings. The van der Waals surface area contributed by atoms with E-state index in [4.69, 9.17) is 0 Å². The number of para-hydroxylation sites is 1. The fourth-order valence-electron chi connectivity index (χ4n) is 7.66. The lowest BCUT2D eigenvalue weighted by atomic mass is 9.98. The molecule has 0 aliphatic carbocycles. The summed E-state index contributed by atoms with van der Waals surface area (Å²) in [5.41, 5.74) is 3.69. The number of benzene rings is 2.